The van der Waals surface area contributed by atoms with E-state index in [1.54, 1.807) is 0 Å². The van der Waals surface area contributed by atoms with Crippen LogP contribution < -0.4 is 11.6 Å². The Bertz CT molecular complexity index is 963. The van der Waals surface area contributed by atoms with E-state index in [2.05, 4.69) is 62.3 Å². The fourth-order valence-corrected chi connectivity index (χ4v) is 3.25. The highest BCUT2D eigenvalue weighted by atomic mass is 15.1. The van der Waals surface area contributed by atoms with E-state index < -0.39 is 0 Å². The molecule has 0 aliphatic rings. The van der Waals surface area contributed by atoms with Crippen LogP contribution in [0.2, 0.25) is 0 Å². The summed E-state index contributed by atoms with van der Waals surface area (Å²) in [6.45, 7) is 8.66. The molecule has 0 atom stereocenters. The molecule has 3 rings (SSSR count). The van der Waals surface area contributed by atoms with Crippen LogP contribution >= 0.6 is 0 Å². The second kappa shape index (κ2) is 6.25. The lowest BCUT2D eigenvalue weighted by atomic mass is 9.81. The van der Waals surface area contributed by atoms with Crippen molar-refractivity contribution >= 4 is 22.2 Å². The molecule has 0 unspecified atom stereocenters. The lowest BCUT2D eigenvalue weighted by molar-refractivity contribution is 0.596. The number of hydrogen-bond acceptors (Lipinski definition) is 3. The van der Waals surface area contributed by atoms with Gasteiger partial charge in [-0.1, -0.05) is 63.2 Å². The van der Waals surface area contributed by atoms with Crippen LogP contribution in [0.3, 0.4) is 0 Å². The van der Waals surface area contributed by atoms with Crippen molar-refractivity contribution in [1.82, 2.24) is 0 Å². The first-order valence-electron chi connectivity index (χ1n) is 8.50. The van der Waals surface area contributed by atoms with Crippen LogP contribution in [0.15, 0.2) is 59.7 Å². The lowest BCUT2D eigenvalue weighted by Crippen LogP contribution is -2.15. The van der Waals surface area contributed by atoms with E-state index in [0.29, 0.717) is 0 Å². The zero-order valence-corrected chi connectivity index (χ0v) is 15.3. The zero-order valence-electron chi connectivity index (χ0n) is 15.3. The first kappa shape index (κ1) is 17.0. The average molecular weight is 331 g/mol. The average Bonchev–Trinajstić information content (AvgIpc) is 2.57. The third-order valence-corrected chi connectivity index (χ3v) is 4.65. The summed E-state index contributed by atoms with van der Waals surface area (Å²) in [5, 5.41) is 6.53. The quantitative estimate of drug-likeness (QED) is 0.308. The molecule has 0 spiro atoms. The summed E-state index contributed by atoms with van der Waals surface area (Å²) in [6.07, 6.45) is 0. The molecule has 0 aliphatic heterocycles. The number of nitrogen functional groups attached to an aromatic ring is 1. The van der Waals surface area contributed by atoms with Crippen LogP contribution in [-0.2, 0) is 5.41 Å². The molecule has 25 heavy (non-hydrogen) atoms. The molecule has 0 radical (unpaired) electrons. The minimum absolute atomic E-state index is 0.00741. The first-order chi connectivity index (χ1) is 11.8. The third-order valence-electron chi connectivity index (χ3n) is 4.65. The van der Waals surface area contributed by atoms with E-state index in [-0.39, 0.29) is 5.41 Å². The van der Waals surface area contributed by atoms with Crippen molar-refractivity contribution in [2.45, 2.75) is 33.1 Å². The topological polar surface area (TPSA) is 64.4 Å². The highest BCUT2D eigenvalue weighted by molar-refractivity contribution is 6.17. The highest BCUT2D eigenvalue weighted by Crippen LogP contribution is 2.32. The second-order valence-electron chi connectivity index (χ2n) is 7.51. The Kier molecular flexibility index (Phi) is 4.25. The second-order valence-corrected chi connectivity index (χ2v) is 7.51. The molecular formula is C22H25N3. The summed E-state index contributed by atoms with van der Waals surface area (Å²) in [5.41, 5.74) is 11.9. The highest BCUT2D eigenvalue weighted by Gasteiger charge is 2.20. The number of hydrogen-bond donors (Lipinski definition) is 2. The first-order valence-corrected chi connectivity index (χ1v) is 8.50. The number of fused-ring (bicyclic) bond motifs is 1. The van der Waals surface area contributed by atoms with Gasteiger partial charge in [0.1, 0.15) is 0 Å². The molecule has 0 heterocycles. The maximum Gasteiger partial charge on any atom is 0.0992 e. The van der Waals surface area contributed by atoms with Crippen molar-refractivity contribution in [3.8, 4) is 0 Å². The van der Waals surface area contributed by atoms with E-state index in [4.69, 9.17) is 11.6 Å². The van der Waals surface area contributed by atoms with E-state index in [9.17, 15) is 0 Å². The van der Waals surface area contributed by atoms with Crippen molar-refractivity contribution < 1.29 is 0 Å². The Morgan fingerprint density at radius 2 is 1.68 bits per heavy atom. The molecule has 0 aliphatic carbocycles. The maximum absolute atomic E-state index is 6.30. The van der Waals surface area contributed by atoms with Crippen molar-refractivity contribution in [3.63, 3.8) is 0 Å². The van der Waals surface area contributed by atoms with Gasteiger partial charge in [0.05, 0.1) is 5.71 Å². The van der Waals surface area contributed by atoms with Gasteiger partial charge in [0.25, 0.3) is 0 Å². The van der Waals surface area contributed by atoms with E-state index >= 15 is 0 Å². The molecule has 0 bridgehead atoms. The minimum atomic E-state index is 0.00741. The van der Waals surface area contributed by atoms with Crippen molar-refractivity contribution in [2.75, 3.05) is 5.73 Å². The molecule has 0 aromatic heterocycles. The Labute approximate surface area is 149 Å². The Balaban J connectivity index is 2.29. The number of rotatable bonds is 2. The van der Waals surface area contributed by atoms with Gasteiger partial charge >= 0.3 is 0 Å². The summed E-state index contributed by atoms with van der Waals surface area (Å²) >= 11 is 0. The lowest BCUT2D eigenvalue weighted by Gasteiger charge is -2.23. The molecule has 0 fully saturated rings. The molecule has 0 amide bonds. The van der Waals surface area contributed by atoms with Crippen molar-refractivity contribution in [1.29, 1.82) is 0 Å². The van der Waals surface area contributed by atoms with Crippen LogP contribution in [0.5, 0.6) is 0 Å². The fraction of sp³-hybridized carbons (Fsp3) is 0.227. The molecule has 4 N–H and O–H groups in total. The number of para-hydroxylation sites is 1. The monoisotopic (exact) mass is 331 g/mol. The van der Waals surface area contributed by atoms with E-state index in [1.807, 2.05) is 25.1 Å². The van der Waals surface area contributed by atoms with Gasteiger partial charge in [-0.15, -0.1) is 0 Å². The van der Waals surface area contributed by atoms with Crippen LogP contribution in [0.1, 0.15) is 43.0 Å². The molecule has 3 nitrogen and oxygen atoms in total. The standard InChI is InChI=1S/C22H25N3/c1-14-8-7-11-18(20(14)23)21(25-24)16-12-15-9-5-6-10-17(15)19(13-16)22(2,3)4/h5-13H,23-24H2,1-4H3/b25-21+. The Hall–Kier alpha value is -2.81. The summed E-state index contributed by atoms with van der Waals surface area (Å²) in [6, 6.07) is 18.7. The van der Waals surface area contributed by atoms with Gasteiger partial charge in [-0.25, -0.2) is 0 Å². The Morgan fingerprint density at radius 1 is 0.960 bits per heavy atom. The van der Waals surface area contributed by atoms with Gasteiger partial charge in [0, 0.05) is 16.8 Å². The third kappa shape index (κ3) is 3.10. The number of nitrogens with zero attached hydrogens (tertiary/aromatic N) is 1. The van der Waals surface area contributed by atoms with Crippen LogP contribution in [0.25, 0.3) is 10.8 Å². The summed E-state index contributed by atoms with van der Waals surface area (Å²) in [5.74, 6) is 5.79. The maximum atomic E-state index is 6.30. The fourth-order valence-electron chi connectivity index (χ4n) is 3.25. The van der Waals surface area contributed by atoms with Gasteiger partial charge in [0.15, 0.2) is 0 Å². The van der Waals surface area contributed by atoms with Gasteiger partial charge < -0.3 is 11.6 Å². The zero-order chi connectivity index (χ0) is 18.2. The van der Waals surface area contributed by atoms with E-state index in [0.717, 1.165) is 28.1 Å². The van der Waals surface area contributed by atoms with Crippen LogP contribution in [0.4, 0.5) is 5.69 Å². The minimum Gasteiger partial charge on any atom is -0.398 e. The number of nitrogens with two attached hydrogens (primary N) is 2. The summed E-state index contributed by atoms with van der Waals surface area (Å²) in [4.78, 5) is 0. The van der Waals surface area contributed by atoms with Gasteiger partial charge in [-0.3, -0.25) is 0 Å². The number of benzene rings is 3. The number of aryl methyl sites for hydroxylation is 1. The molecule has 0 saturated carbocycles. The van der Waals surface area contributed by atoms with Crippen molar-refractivity contribution in [2.24, 2.45) is 10.9 Å². The van der Waals surface area contributed by atoms with Crippen LogP contribution in [0, 0.1) is 6.92 Å². The van der Waals surface area contributed by atoms with Gasteiger partial charge in [-0.05, 0) is 46.4 Å². The predicted octanol–water partition coefficient (Wildman–Crippen LogP) is 4.74. The largest absolute Gasteiger partial charge is 0.398 e. The Morgan fingerprint density at radius 3 is 2.36 bits per heavy atom. The summed E-state index contributed by atoms with van der Waals surface area (Å²) in [7, 11) is 0. The molecule has 128 valence electrons. The summed E-state index contributed by atoms with van der Waals surface area (Å²) < 4.78 is 0. The SMILES string of the molecule is Cc1cccc(/C(=N/N)c2cc(C(C)(C)C)c3ccccc3c2)c1N. The van der Waals surface area contributed by atoms with Crippen molar-refractivity contribution in [3.05, 3.63) is 76.9 Å². The smallest absolute Gasteiger partial charge is 0.0992 e. The number of anilines is 1. The van der Waals surface area contributed by atoms with Gasteiger partial charge in [-0.2, -0.15) is 5.10 Å². The predicted molar refractivity (Wildman–Crippen MR) is 108 cm³/mol. The molecular weight excluding hydrogens is 306 g/mol. The van der Waals surface area contributed by atoms with E-state index in [1.165, 1.54) is 16.3 Å². The normalized spacial score (nSPS) is 12.6. The molecule has 3 aromatic rings. The molecule has 3 aromatic carbocycles. The molecule has 3 heteroatoms. The van der Waals surface area contributed by atoms with Gasteiger partial charge in [0.2, 0.25) is 0 Å². The molecule has 0 saturated heterocycles. The number of hydrazone groups is 1. The van der Waals surface area contributed by atoms with Crippen LogP contribution in [-0.4, -0.2) is 5.71 Å².